The molecule has 3 nitrogen and oxygen atoms in total. The molecule has 1 fully saturated rings. The Morgan fingerprint density at radius 1 is 1.38 bits per heavy atom. The van der Waals surface area contributed by atoms with Crippen molar-refractivity contribution in [1.82, 2.24) is 4.90 Å². The van der Waals surface area contributed by atoms with Crippen LogP contribution in [0.2, 0.25) is 0 Å². The molecule has 0 aromatic carbocycles. The van der Waals surface area contributed by atoms with Gasteiger partial charge in [-0.1, -0.05) is 26.7 Å². The molecule has 0 spiro atoms. The molecule has 1 rings (SSSR count). The summed E-state index contributed by atoms with van der Waals surface area (Å²) in [4.78, 5) is 12.9. The standard InChI is InChI=1S/C13H25NO2/c1-10-4-6-12(7-5-10)9-14(3)8-11(2)13(15)16/h10-12H,4-9H2,1-3H3,(H,15,16). The SMILES string of the molecule is CC1CCC(CN(C)CC(C)C(=O)O)CC1. The fraction of sp³-hybridized carbons (Fsp3) is 0.923. The van der Waals surface area contributed by atoms with Crippen LogP contribution in [0.1, 0.15) is 39.5 Å². The van der Waals surface area contributed by atoms with E-state index in [1.807, 2.05) is 7.05 Å². The zero-order valence-corrected chi connectivity index (χ0v) is 10.8. The van der Waals surface area contributed by atoms with E-state index < -0.39 is 5.97 Å². The van der Waals surface area contributed by atoms with Gasteiger partial charge in [-0.05, 0) is 31.7 Å². The lowest BCUT2D eigenvalue weighted by Gasteiger charge is -2.30. The van der Waals surface area contributed by atoms with Gasteiger partial charge in [0, 0.05) is 13.1 Å². The van der Waals surface area contributed by atoms with E-state index in [0.717, 1.165) is 18.4 Å². The number of aliphatic carboxylic acids is 1. The van der Waals surface area contributed by atoms with Crippen molar-refractivity contribution in [3.05, 3.63) is 0 Å². The molecule has 1 unspecified atom stereocenters. The van der Waals surface area contributed by atoms with Crippen LogP contribution < -0.4 is 0 Å². The summed E-state index contributed by atoms with van der Waals surface area (Å²) in [6.45, 7) is 5.83. The Kier molecular flexibility index (Phi) is 5.26. The Hall–Kier alpha value is -0.570. The molecule has 0 heterocycles. The second-order valence-electron chi connectivity index (χ2n) is 5.59. The molecule has 1 atom stereocenters. The summed E-state index contributed by atoms with van der Waals surface area (Å²) >= 11 is 0. The third-order valence-corrected chi connectivity index (χ3v) is 3.71. The monoisotopic (exact) mass is 227 g/mol. The van der Waals surface area contributed by atoms with Gasteiger partial charge < -0.3 is 10.0 Å². The van der Waals surface area contributed by atoms with Crippen LogP contribution in [-0.2, 0) is 4.79 Å². The lowest BCUT2D eigenvalue weighted by Crippen LogP contribution is -2.33. The fourth-order valence-corrected chi connectivity index (χ4v) is 2.57. The quantitative estimate of drug-likeness (QED) is 0.784. The highest BCUT2D eigenvalue weighted by atomic mass is 16.4. The Bertz CT molecular complexity index is 222. The maximum absolute atomic E-state index is 10.7. The van der Waals surface area contributed by atoms with Crippen LogP contribution in [0.3, 0.4) is 0 Å². The van der Waals surface area contributed by atoms with Crippen molar-refractivity contribution >= 4 is 5.97 Å². The summed E-state index contributed by atoms with van der Waals surface area (Å²) in [5.74, 6) is 0.721. The number of rotatable bonds is 5. The predicted octanol–water partition coefficient (Wildman–Crippen LogP) is 2.47. The summed E-state index contributed by atoms with van der Waals surface area (Å²) in [7, 11) is 2.04. The van der Waals surface area contributed by atoms with Gasteiger partial charge >= 0.3 is 5.97 Å². The van der Waals surface area contributed by atoms with Crippen LogP contribution in [-0.4, -0.2) is 36.1 Å². The molecule has 3 heteroatoms. The number of hydrogen-bond donors (Lipinski definition) is 1. The molecule has 0 amide bonds. The molecule has 0 aromatic heterocycles. The van der Waals surface area contributed by atoms with Crippen LogP contribution in [0.25, 0.3) is 0 Å². The largest absolute Gasteiger partial charge is 0.481 e. The van der Waals surface area contributed by atoms with Gasteiger partial charge in [-0.3, -0.25) is 4.79 Å². The molecule has 0 aromatic rings. The summed E-state index contributed by atoms with van der Waals surface area (Å²) in [6.07, 6.45) is 5.31. The zero-order valence-electron chi connectivity index (χ0n) is 10.8. The van der Waals surface area contributed by atoms with E-state index in [2.05, 4.69) is 11.8 Å². The molecule has 1 saturated carbocycles. The van der Waals surface area contributed by atoms with Crippen LogP contribution in [0.5, 0.6) is 0 Å². The summed E-state index contributed by atoms with van der Waals surface area (Å²) in [5, 5.41) is 8.84. The Morgan fingerprint density at radius 2 is 1.94 bits per heavy atom. The Morgan fingerprint density at radius 3 is 2.44 bits per heavy atom. The highest BCUT2D eigenvalue weighted by Crippen LogP contribution is 2.28. The lowest BCUT2D eigenvalue weighted by molar-refractivity contribution is -0.141. The third kappa shape index (κ3) is 4.52. The second kappa shape index (κ2) is 6.24. The normalized spacial score (nSPS) is 28.0. The van der Waals surface area contributed by atoms with E-state index >= 15 is 0 Å². The topological polar surface area (TPSA) is 40.5 Å². The highest BCUT2D eigenvalue weighted by Gasteiger charge is 2.21. The van der Waals surface area contributed by atoms with Crippen molar-refractivity contribution in [2.24, 2.45) is 17.8 Å². The van der Waals surface area contributed by atoms with Gasteiger partial charge in [0.05, 0.1) is 5.92 Å². The predicted molar refractivity (Wildman–Crippen MR) is 65.4 cm³/mol. The molecule has 16 heavy (non-hydrogen) atoms. The minimum absolute atomic E-state index is 0.257. The van der Waals surface area contributed by atoms with Crippen molar-refractivity contribution in [2.45, 2.75) is 39.5 Å². The van der Waals surface area contributed by atoms with E-state index in [1.54, 1.807) is 6.92 Å². The van der Waals surface area contributed by atoms with Crippen molar-refractivity contribution in [1.29, 1.82) is 0 Å². The van der Waals surface area contributed by atoms with Crippen LogP contribution in [0, 0.1) is 17.8 Å². The first-order chi connectivity index (χ1) is 7.49. The summed E-state index contributed by atoms with van der Waals surface area (Å²) < 4.78 is 0. The third-order valence-electron chi connectivity index (χ3n) is 3.71. The van der Waals surface area contributed by atoms with Crippen molar-refractivity contribution in [3.63, 3.8) is 0 Å². The average molecular weight is 227 g/mol. The summed E-state index contributed by atoms with van der Waals surface area (Å²) in [5.41, 5.74) is 0. The van der Waals surface area contributed by atoms with Gasteiger partial charge in [0.2, 0.25) is 0 Å². The first-order valence-electron chi connectivity index (χ1n) is 6.40. The second-order valence-corrected chi connectivity index (χ2v) is 5.59. The van der Waals surface area contributed by atoms with E-state index in [4.69, 9.17) is 5.11 Å². The Labute approximate surface area is 98.8 Å². The van der Waals surface area contributed by atoms with Crippen molar-refractivity contribution < 1.29 is 9.90 Å². The van der Waals surface area contributed by atoms with Crippen molar-refractivity contribution in [2.75, 3.05) is 20.1 Å². The van der Waals surface area contributed by atoms with Gasteiger partial charge in [0.25, 0.3) is 0 Å². The molecule has 0 bridgehead atoms. The minimum Gasteiger partial charge on any atom is -0.481 e. The molecule has 1 N–H and O–H groups in total. The van der Waals surface area contributed by atoms with Gasteiger partial charge in [-0.15, -0.1) is 0 Å². The number of carboxylic acid groups (broad SMARTS) is 1. The van der Waals surface area contributed by atoms with Crippen LogP contribution >= 0.6 is 0 Å². The zero-order chi connectivity index (χ0) is 12.1. The maximum atomic E-state index is 10.7. The summed E-state index contributed by atoms with van der Waals surface area (Å²) in [6, 6.07) is 0. The van der Waals surface area contributed by atoms with Crippen molar-refractivity contribution in [3.8, 4) is 0 Å². The van der Waals surface area contributed by atoms with Gasteiger partial charge in [0.1, 0.15) is 0 Å². The average Bonchev–Trinajstić information content (AvgIpc) is 2.21. The van der Waals surface area contributed by atoms with E-state index in [9.17, 15) is 4.79 Å². The molecule has 0 saturated heterocycles. The van der Waals surface area contributed by atoms with Gasteiger partial charge in [0.15, 0.2) is 0 Å². The molecule has 0 radical (unpaired) electrons. The number of nitrogens with zero attached hydrogens (tertiary/aromatic N) is 1. The number of carbonyl (C=O) groups is 1. The first kappa shape index (κ1) is 13.5. The maximum Gasteiger partial charge on any atom is 0.307 e. The molecule has 1 aliphatic carbocycles. The number of carboxylic acids is 1. The first-order valence-corrected chi connectivity index (χ1v) is 6.40. The molecule has 94 valence electrons. The molecular formula is C13H25NO2. The van der Waals surface area contributed by atoms with E-state index in [-0.39, 0.29) is 5.92 Å². The Balaban J connectivity index is 2.23. The minimum atomic E-state index is -0.691. The molecule has 1 aliphatic rings. The molecular weight excluding hydrogens is 202 g/mol. The van der Waals surface area contributed by atoms with E-state index in [0.29, 0.717) is 6.54 Å². The van der Waals surface area contributed by atoms with Crippen LogP contribution in [0.15, 0.2) is 0 Å². The van der Waals surface area contributed by atoms with E-state index in [1.165, 1.54) is 25.7 Å². The van der Waals surface area contributed by atoms with Gasteiger partial charge in [-0.2, -0.15) is 0 Å². The molecule has 0 aliphatic heterocycles. The van der Waals surface area contributed by atoms with Gasteiger partial charge in [-0.25, -0.2) is 0 Å². The fourth-order valence-electron chi connectivity index (χ4n) is 2.57. The smallest absolute Gasteiger partial charge is 0.307 e. The number of hydrogen-bond acceptors (Lipinski definition) is 2. The van der Waals surface area contributed by atoms with Crippen LogP contribution in [0.4, 0.5) is 0 Å². The highest BCUT2D eigenvalue weighted by molar-refractivity contribution is 5.69. The lowest BCUT2D eigenvalue weighted by atomic mass is 9.83.